The van der Waals surface area contributed by atoms with Crippen LogP contribution in [0, 0.1) is 30.9 Å². The van der Waals surface area contributed by atoms with Crippen molar-refractivity contribution in [3.05, 3.63) is 50.9 Å². The predicted molar refractivity (Wildman–Crippen MR) is 71.1 cm³/mol. The molecule has 6 nitrogen and oxygen atoms in total. The minimum Gasteiger partial charge on any atom is -0.381 e. The van der Waals surface area contributed by atoms with Gasteiger partial charge in [-0.3, -0.25) is 10.1 Å². The van der Waals surface area contributed by atoms with Gasteiger partial charge in [0.1, 0.15) is 5.76 Å². The molecule has 0 unspecified atom stereocenters. The van der Waals surface area contributed by atoms with Gasteiger partial charge in [-0.25, -0.2) is 0 Å². The van der Waals surface area contributed by atoms with Crippen LogP contribution in [-0.4, -0.2) is 10.1 Å². The van der Waals surface area contributed by atoms with Gasteiger partial charge in [0.05, 0.1) is 10.6 Å². The largest absolute Gasteiger partial charge is 0.381 e. The summed E-state index contributed by atoms with van der Waals surface area (Å²) in [6, 6.07) is 4.93. The van der Waals surface area contributed by atoms with E-state index < -0.39 is 4.92 Å². The van der Waals surface area contributed by atoms with Gasteiger partial charge in [0.15, 0.2) is 0 Å². The fourth-order valence-corrected chi connectivity index (χ4v) is 1.92. The molecule has 6 heteroatoms. The monoisotopic (exact) mass is 261 g/mol. The third-order valence-electron chi connectivity index (χ3n) is 2.92. The smallest absolute Gasteiger partial charge is 0.271 e. The Morgan fingerprint density at radius 3 is 2.63 bits per heavy atom. The molecule has 1 aromatic carbocycles. The zero-order valence-corrected chi connectivity index (χ0v) is 11.1. The molecule has 0 fully saturated rings. The molecule has 0 radical (unpaired) electrons. The molecule has 0 atom stereocenters. The summed E-state index contributed by atoms with van der Waals surface area (Å²) in [6.07, 6.45) is 0. The first-order chi connectivity index (χ1) is 8.97. The Kier molecular flexibility index (Phi) is 3.50. The molecule has 0 aliphatic heterocycles. The van der Waals surface area contributed by atoms with E-state index in [1.165, 1.54) is 6.07 Å². The van der Waals surface area contributed by atoms with Crippen LogP contribution in [0.2, 0.25) is 0 Å². The van der Waals surface area contributed by atoms with E-state index in [4.69, 9.17) is 4.52 Å². The van der Waals surface area contributed by atoms with Gasteiger partial charge in [0.25, 0.3) is 5.69 Å². The number of aryl methyl sites for hydroxylation is 3. The number of nitrogens with one attached hydrogen (secondary N) is 1. The number of rotatable bonds is 4. The second kappa shape index (κ2) is 5.09. The molecule has 0 bridgehead atoms. The lowest BCUT2D eigenvalue weighted by Gasteiger charge is -2.07. The van der Waals surface area contributed by atoms with Crippen LogP contribution in [-0.2, 0) is 6.54 Å². The van der Waals surface area contributed by atoms with Crippen LogP contribution in [0.25, 0.3) is 0 Å². The topological polar surface area (TPSA) is 81.2 Å². The summed E-state index contributed by atoms with van der Waals surface area (Å²) in [5, 5.41) is 17.8. The Labute approximate surface area is 110 Å². The van der Waals surface area contributed by atoms with Crippen molar-refractivity contribution in [2.75, 3.05) is 5.32 Å². The maximum Gasteiger partial charge on any atom is 0.271 e. The molecule has 2 aromatic rings. The Balaban J connectivity index is 2.18. The molecule has 0 spiro atoms. The van der Waals surface area contributed by atoms with E-state index in [0.717, 1.165) is 22.6 Å². The normalized spacial score (nSPS) is 10.5. The van der Waals surface area contributed by atoms with E-state index in [1.54, 1.807) is 6.07 Å². The van der Waals surface area contributed by atoms with E-state index in [9.17, 15) is 10.1 Å². The van der Waals surface area contributed by atoms with Crippen LogP contribution in [0.3, 0.4) is 0 Å². The Bertz CT molecular complexity index is 600. The van der Waals surface area contributed by atoms with Gasteiger partial charge in [-0.2, -0.15) is 0 Å². The standard InChI is InChI=1S/C13H15N3O3/c1-8-4-11(6-12(5-8)16(17)18)14-7-13-9(2)15-19-10(13)3/h4-6,14H,7H2,1-3H3. The first-order valence-corrected chi connectivity index (χ1v) is 5.89. The second-order valence-electron chi connectivity index (χ2n) is 4.47. The van der Waals surface area contributed by atoms with Crippen molar-refractivity contribution in [1.82, 2.24) is 5.16 Å². The van der Waals surface area contributed by atoms with Crippen molar-refractivity contribution in [3.63, 3.8) is 0 Å². The Morgan fingerprint density at radius 2 is 2.05 bits per heavy atom. The summed E-state index contributed by atoms with van der Waals surface area (Å²) in [7, 11) is 0. The van der Waals surface area contributed by atoms with Crippen molar-refractivity contribution in [1.29, 1.82) is 0 Å². The third kappa shape index (κ3) is 2.90. The molecule has 0 amide bonds. The minimum absolute atomic E-state index is 0.0845. The Morgan fingerprint density at radius 1 is 1.32 bits per heavy atom. The van der Waals surface area contributed by atoms with Crippen LogP contribution < -0.4 is 5.32 Å². The summed E-state index contributed by atoms with van der Waals surface area (Å²) < 4.78 is 5.07. The highest BCUT2D eigenvalue weighted by molar-refractivity contribution is 5.54. The molecule has 0 aliphatic carbocycles. The zero-order chi connectivity index (χ0) is 14.0. The van der Waals surface area contributed by atoms with Crippen LogP contribution >= 0.6 is 0 Å². The predicted octanol–water partition coefficient (Wildman–Crippen LogP) is 3.12. The summed E-state index contributed by atoms with van der Waals surface area (Å²) in [6.45, 7) is 6.07. The maximum absolute atomic E-state index is 10.8. The van der Waals surface area contributed by atoms with Crippen molar-refractivity contribution >= 4 is 11.4 Å². The highest BCUT2D eigenvalue weighted by Crippen LogP contribution is 2.22. The number of non-ortho nitro benzene ring substituents is 1. The van der Waals surface area contributed by atoms with Crippen LogP contribution in [0.1, 0.15) is 22.6 Å². The van der Waals surface area contributed by atoms with E-state index in [2.05, 4.69) is 10.5 Å². The number of aromatic nitrogens is 1. The molecule has 1 heterocycles. The number of benzene rings is 1. The SMILES string of the molecule is Cc1cc(NCc2c(C)noc2C)cc([N+](=O)[O-])c1. The minimum atomic E-state index is -0.395. The van der Waals surface area contributed by atoms with E-state index in [1.807, 2.05) is 26.8 Å². The number of nitro benzene ring substituents is 1. The molecule has 1 N–H and O–H groups in total. The lowest BCUT2D eigenvalue weighted by atomic mass is 10.1. The molecular weight excluding hydrogens is 246 g/mol. The van der Waals surface area contributed by atoms with Gasteiger partial charge >= 0.3 is 0 Å². The van der Waals surface area contributed by atoms with E-state index in [0.29, 0.717) is 12.2 Å². The van der Waals surface area contributed by atoms with E-state index >= 15 is 0 Å². The molecule has 0 saturated carbocycles. The lowest BCUT2D eigenvalue weighted by molar-refractivity contribution is -0.384. The number of hydrogen-bond donors (Lipinski definition) is 1. The molecule has 0 saturated heterocycles. The van der Waals surface area contributed by atoms with Crippen molar-refractivity contribution < 1.29 is 9.45 Å². The number of nitrogens with zero attached hydrogens (tertiary/aromatic N) is 2. The second-order valence-corrected chi connectivity index (χ2v) is 4.47. The van der Waals surface area contributed by atoms with Crippen LogP contribution in [0.4, 0.5) is 11.4 Å². The van der Waals surface area contributed by atoms with Gasteiger partial charge in [0, 0.05) is 29.9 Å². The number of nitro groups is 1. The van der Waals surface area contributed by atoms with Gasteiger partial charge in [-0.1, -0.05) is 5.16 Å². The Hall–Kier alpha value is -2.37. The van der Waals surface area contributed by atoms with Crippen molar-refractivity contribution in [2.24, 2.45) is 0 Å². The van der Waals surface area contributed by atoms with Gasteiger partial charge in [0.2, 0.25) is 0 Å². The quantitative estimate of drug-likeness (QED) is 0.675. The molecule has 1 aromatic heterocycles. The molecule has 100 valence electrons. The number of anilines is 1. The fraction of sp³-hybridized carbons (Fsp3) is 0.308. The van der Waals surface area contributed by atoms with Gasteiger partial charge in [-0.15, -0.1) is 0 Å². The highest BCUT2D eigenvalue weighted by Gasteiger charge is 2.11. The van der Waals surface area contributed by atoms with Crippen molar-refractivity contribution in [3.8, 4) is 0 Å². The van der Waals surface area contributed by atoms with Crippen LogP contribution in [0.5, 0.6) is 0 Å². The number of hydrogen-bond acceptors (Lipinski definition) is 5. The van der Waals surface area contributed by atoms with Gasteiger partial charge < -0.3 is 9.84 Å². The first kappa shape index (κ1) is 13.1. The first-order valence-electron chi connectivity index (χ1n) is 5.89. The average Bonchev–Trinajstić information content (AvgIpc) is 2.66. The average molecular weight is 261 g/mol. The molecular formula is C13H15N3O3. The highest BCUT2D eigenvalue weighted by atomic mass is 16.6. The third-order valence-corrected chi connectivity index (χ3v) is 2.92. The summed E-state index contributed by atoms with van der Waals surface area (Å²) in [5.41, 5.74) is 3.44. The molecule has 19 heavy (non-hydrogen) atoms. The van der Waals surface area contributed by atoms with Crippen LogP contribution in [0.15, 0.2) is 22.7 Å². The fourth-order valence-electron chi connectivity index (χ4n) is 1.92. The maximum atomic E-state index is 10.8. The van der Waals surface area contributed by atoms with Crippen molar-refractivity contribution in [2.45, 2.75) is 27.3 Å². The lowest BCUT2D eigenvalue weighted by Crippen LogP contribution is -2.02. The zero-order valence-electron chi connectivity index (χ0n) is 11.1. The summed E-state index contributed by atoms with van der Waals surface area (Å²) in [4.78, 5) is 10.4. The van der Waals surface area contributed by atoms with Gasteiger partial charge in [-0.05, 0) is 32.4 Å². The summed E-state index contributed by atoms with van der Waals surface area (Å²) >= 11 is 0. The van der Waals surface area contributed by atoms with E-state index in [-0.39, 0.29) is 5.69 Å². The summed E-state index contributed by atoms with van der Waals surface area (Å²) in [5.74, 6) is 0.757. The molecule has 0 aliphatic rings. The molecule has 2 rings (SSSR count).